The highest BCUT2D eigenvalue weighted by Gasteiger charge is 2.20. The van der Waals surface area contributed by atoms with Gasteiger partial charge in [-0.1, -0.05) is 30.7 Å². The van der Waals surface area contributed by atoms with E-state index in [2.05, 4.69) is 12.2 Å². The van der Waals surface area contributed by atoms with Crippen LogP contribution < -0.4 is 5.32 Å². The fourth-order valence-corrected chi connectivity index (χ4v) is 1.74. The van der Waals surface area contributed by atoms with Crippen molar-refractivity contribution in [1.82, 2.24) is 5.32 Å². The van der Waals surface area contributed by atoms with Crippen molar-refractivity contribution >= 4 is 23.2 Å². The van der Waals surface area contributed by atoms with Gasteiger partial charge in [0.25, 0.3) is 0 Å². The average molecular weight is 264 g/mol. The molecule has 4 heteroatoms. The molecule has 0 radical (unpaired) electrons. The number of alkyl halides is 1. The molecule has 16 heavy (non-hydrogen) atoms. The SMILES string of the molecule is CCC(C)(CCl)NCc1cccc(F)c1Cl. The molecule has 0 saturated heterocycles. The van der Waals surface area contributed by atoms with Gasteiger partial charge in [-0.05, 0) is 25.0 Å². The van der Waals surface area contributed by atoms with Gasteiger partial charge >= 0.3 is 0 Å². The van der Waals surface area contributed by atoms with Crippen molar-refractivity contribution in [3.8, 4) is 0 Å². The molecule has 1 unspecified atom stereocenters. The fraction of sp³-hybridized carbons (Fsp3) is 0.500. The standard InChI is InChI=1S/C12H16Cl2FN/c1-3-12(2,8-13)16-7-9-5-4-6-10(15)11(9)14/h4-6,16H,3,7-8H2,1-2H3. The molecule has 1 nitrogen and oxygen atoms in total. The third-order valence-electron chi connectivity index (χ3n) is 2.81. The topological polar surface area (TPSA) is 12.0 Å². The summed E-state index contributed by atoms with van der Waals surface area (Å²) in [6.45, 7) is 4.61. The maximum atomic E-state index is 13.2. The number of hydrogen-bond donors (Lipinski definition) is 1. The molecule has 0 aliphatic rings. The number of halogens is 3. The van der Waals surface area contributed by atoms with Gasteiger partial charge in [0, 0.05) is 18.0 Å². The predicted molar refractivity (Wildman–Crippen MR) is 67.7 cm³/mol. The molecule has 1 N–H and O–H groups in total. The van der Waals surface area contributed by atoms with Crippen molar-refractivity contribution in [3.63, 3.8) is 0 Å². The summed E-state index contributed by atoms with van der Waals surface area (Å²) in [4.78, 5) is 0. The summed E-state index contributed by atoms with van der Waals surface area (Å²) in [6.07, 6.45) is 0.906. The number of hydrogen-bond acceptors (Lipinski definition) is 1. The second-order valence-electron chi connectivity index (χ2n) is 4.11. The molecule has 0 saturated carbocycles. The molecule has 0 amide bonds. The lowest BCUT2D eigenvalue weighted by Crippen LogP contribution is -2.43. The van der Waals surface area contributed by atoms with E-state index in [1.54, 1.807) is 6.07 Å². The minimum absolute atomic E-state index is 0.142. The lowest BCUT2D eigenvalue weighted by Gasteiger charge is -2.27. The first-order valence-electron chi connectivity index (χ1n) is 5.26. The normalized spacial score (nSPS) is 14.8. The van der Waals surface area contributed by atoms with Crippen LogP contribution in [0.15, 0.2) is 18.2 Å². The Morgan fingerprint density at radius 2 is 2.12 bits per heavy atom. The molecule has 1 aromatic rings. The van der Waals surface area contributed by atoms with E-state index in [1.807, 2.05) is 13.0 Å². The van der Waals surface area contributed by atoms with E-state index in [0.717, 1.165) is 12.0 Å². The number of benzene rings is 1. The first-order chi connectivity index (χ1) is 7.52. The quantitative estimate of drug-likeness (QED) is 0.793. The van der Waals surface area contributed by atoms with Crippen molar-refractivity contribution in [2.75, 3.05) is 5.88 Å². The Hall–Kier alpha value is -0.310. The van der Waals surface area contributed by atoms with Gasteiger partial charge in [0.1, 0.15) is 5.82 Å². The molecule has 1 aromatic carbocycles. The molecule has 0 aromatic heterocycles. The van der Waals surface area contributed by atoms with Crippen molar-refractivity contribution in [2.45, 2.75) is 32.4 Å². The Kier molecular flexibility index (Phi) is 5.03. The van der Waals surface area contributed by atoms with E-state index in [0.29, 0.717) is 12.4 Å². The summed E-state index contributed by atoms with van der Waals surface area (Å²) in [5.74, 6) is 0.126. The zero-order chi connectivity index (χ0) is 12.2. The van der Waals surface area contributed by atoms with Crippen molar-refractivity contribution in [2.24, 2.45) is 0 Å². The summed E-state index contributed by atoms with van der Waals surface area (Å²) in [7, 11) is 0. The molecular formula is C12H16Cl2FN. The van der Waals surface area contributed by atoms with Gasteiger partial charge in [0.15, 0.2) is 0 Å². The van der Waals surface area contributed by atoms with Gasteiger partial charge in [0.05, 0.1) is 5.02 Å². The lowest BCUT2D eigenvalue weighted by molar-refractivity contribution is 0.379. The zero-order valence-electron chi connectivity index (χ0n) is 9.49. The summed E-state index contributed by atoms with van der Waals surface area (Å²) >= 11 is 11.7. The molecule has 90 valence electrons. The Morgan fingerprint density at radius 1 is 1.44 bits per heavy atom. The Balaban J connectivity index is 2.71. The summed E-state index contributed by atoms with van der Waals surface area (Å²) in [5, 5.41) is 3.48. The van der Waals surface area contributed by atoms with Crippen LogP contribution in [0.4, 0.5) is 4.39 Å². The van der Waals surface area contributed by atoms with Crippen molar-refractivity contribution in [1.29, 1.82) is 0 Å². The van der Waals surface area contributed by atoms with Crippen LogP contribution in [0, 0.1) is 5.82 Å². The van der Waals surface area contributed by atoms with Crippen LogP contribution in [-0.2, 0) is 6.54 Å². The fourth-order valence-electron chi connectivity index (χ4n) is 1.26. The highest BCUT2D eigenvalue weighted by Crippen LogP contribution is 2.21. The molecule has 0 heterocycles. The maximum Gasteiger partial charge on any atom is 0.142 e. The Bertz CT molecular complexity index is 351. The van der Waals surface area contributed by atoms with E-state index in [9.17, 15) is 4.39 Å². The summed E-state index contributed by atoms with van der Waals surface area (Å²) in [5.41, 5.74) is 0.614. The molecule has 0 aliphatic carbocycles. The molecule has 0 fully saturated rings. The highest BCUT2D eigenvalue weighted by molar-refractivity contribution is 6.31. The molecule has 1 atom stereocenters. The van der Waals surface area contributed by atoms with E-state index >= 15 is 0 Å². The van der Waals surface area contributed by atoms with Crippen LogP contribution in [0.3, 0.4) is 0 Å². The van der Waals surface area contributed by atoms with E-state index in [1.165, 1.54) is 6.07 Å². The van der Waals surface area contributed by atoms with Gasteiger partial charge in [0.2, 0.25) is 0 Å². The van der Waals surface area contributed by atoms with Crippen LogP contribution in [0.25, 0.3) is 0 Å². The summed E-state index contributed by atoms with van der Waals surface area (Å²) in [6, 6.07) is 4.82. The number of nitrogens with one attached hydrogen (secondary N) is 1. The predicted octanol–water partition coefficient (Wildman–Crippen LogP) is 3.98. The van der Waals surface area contributed by atoms with Gasteiger partial charge in [-0.2, -0.15) is 0 Å². The summed E-state index contributed by atoms with van der Waals surface area (Å²) < 4.78 is 13.2. The first-order valence-corrected chi connectivity index (χ1v) is 6.17. The maximum absolute atomic E-state index is 13.2. The molecule has 1 rings (SSSR count). The van der Waals surface area contributed by atoms with Crippen LogP contribution >= 0.6 is 23.2 Å². The van der Waals surface area contributed by atoms with Gasteiger partial charge < -0.3 is 5.32 Å². The second kappa shape index (κ2) is 5.85. The number of rotatable bonds is 5. The van der Waals surface area contributed by atoms with Crippen LogP contribution in [0.1, 0.15) is 25.8 Å². The molecular weight excluding hydrogens is 248 g/mol. The highest BCUT2D eigenvalue weighted by atomic mass is 35.5. The van der Waals surface area contributed by atoms with Crippen LogP contribution in [0.2, 0.25) is 5.02 Å². The van der Waals surface area contributed by atoms with Crippen molar-refractivity contribution < 1.29 is 4.39 Å². The minimum atomic E-state index is -0.384. The van der Waals surface area contributed by atoms with E-state index < -0.39 is 0 Å². The molecule has 0 aliphatic heterocycles. The van der Waals surface area contributed by atoms with Crippen LogP contribution in [-0.4, -0.2) is 11.4 Å². The average Bonchev–Trinajstić information content (AvgIpc) is 2.31. The van der Waals surface area contributed by atoms with Gasteiger partial charge in [-0.3, -0.25) is 0 Å². The van der Waals surface area contributed by atoms with Crippen molar-refractivity contribution in [3.05, 3.63) is 34.6 Å². The van der Waals surface area contributed by atoms with Crippen LogP contribution in [0.5, 0.6) is 0 Å². The van der Waals surface area contributed by atoms with E-state index in [4.69, 9.17) is 23.2 Å². The third-order valence-corrected chi connectivity index (χ3v) is 3.83. The molecule has 0 spiro atoms. The Labute approximate surface area is 106 Å². The molecule has 0 bridgehead atoms. The zero-order valence-corrected chi connectivity index (χ0v) is 11.0. The second-order valence-corrected chi connectivity index (χ2v) is 4.76. The monoisotopic (exact) mass is 263 g/mol. The minimum Gasteiger partial charge on any atom is -0.306 e. The first kappa shape index (κ1) is 13.8. The Morgan fingerprint density at radius 3 is 2.69 bits per heavy atom. The van der Waals surface area contributed by atoms with Gasteiger partial charge in [-0.15, -0.1) is 11.6 Å². The van der Waals surface area contributed by atoms with E-state index in [-0.39, 0.29) is 16.4 Å². The lowest BCUT2D eigenvalue weighted by atomic mass is 10.0. The van der Waals surface area contributed by atoms with Gasteiger partial charge in [-0.25, -0.2) is 4.39 Å². The smallest absolute Gasteiger partial charge is 0.142 e. The largest absolute Gasteiger partial charge is 0.306 e. The third kappa shape index (κ3) is 3.34.